The molecule has 0 spiro atoms. The Morgan fingerprint density at radius 1 is 1.30 bits per heavy atom. The maximum atomic E-state index is 12.8. The van der Waals surface area contributed by atoms with E-state index in [1.54, 1.807) is 0 Å². The highest BCUT2D eigenvalue weighted by molar-refractivity contribution is 7.13. The van der Waals surface area contributed by atoms with Gasteiger partial charge in [-0.05, 0) is 30.7 Å². The molecule has 0 aliphatic heterocycles. The van der Waals surface area contributed by atoms with E-state index < -0.39 is 12.1 Å². The van der Waals surface area contributed by atoms with Crippen LogP contribution in [0.25, 0.3) is 10.7 Å². The summed E-state index contributed by atoms with van der Waals surface area (Å²) < 4.78 is 43.5. The molecule has 0 N–H and O–H groups in total. The maximum Gasteiger partial charge on any atom is 0.391 e. The van der Waals surface area contributed by atoms with E-state index in [0.717, 1.165) is 4.88 Å². The fraction of sp³-hybridized carbons (Fsp3) is 0.538. The Labute approximate surface area is 117 Å². The Kier molecular flexibility index (Phi) is 3.54. The number of halogens is 3. The van der Waals surface area contributed by atoms with Gasteiger partial charge < -0.3 is 4.52 Å². The van der Waals surface area contributed by atoms with Crippen LogP contribution < -0.4 is 0 Å². The first-order valence-corrected chi connectivity index (χ1v) is 7.36. The second kappa shape index (κ2) is 5.20. The number of rotatable bonds is 2. The molecule has 20 heavy (non-hydrogen) atoms. The Bertz CT molecular complexity index is 564. The van der Waals surface area contributed by atoms with Gasteiger partial charge in [0.05, 0.1) is 10.8 Å². The molecule has 2 atom stereocenters. The Balaban J connectivity index is 1.76. The van der Waals surface area contributed by atoms with Gasteiger partial charge in [-0.1, -0.05) is 17.6 Å². The van der Waals surface area contributed by atoms with Gasteiger partial charge in [-0.3, -0.25) is 0 Å². The van der Waals surface area contributed by atoms with Crippen LogP contribution in [0.1, 0.15) is 37.5 Å². The average molecular weight is 302 g/mol. The van der Waals surface area contributed by atoms with Crippen molar-refractivity contribution in [2.45, 2.75) is 37.8 Å². The molecule has 0 saturated heterocycles. The number of hydrogen-bond acceptors (Lipinski definition) is 4. The minimum absolute atomic E-state index is 0.0512. The highest BCUT2D eigenvalue weighted by Crippen LogP contribution is 2.43. The van der Waals surface area contributed by atoms with Gasteiger partial charge in [0.25, 0.3) is 0 Å². The van der Waals surface area contributed by atoms with Crippen LogP contribution in [0.4, 0.5) is 13.2 Å². The van der Waals surface area contributed by atoms with Crippen LogP contribution >= 0.6 is 11.3 Å². The molecule has 0 aromatic carbocycles. The summed E-state index contributed by atoms with van der Waals surface area (Å²) in [5, 5.41) is 5.76. The molecule has 3 nitrogen and oxygen atoms in total. The van der Waals surface area contributed by atoms with E-state index >= 15 is 0 Å². The second-order valence-electron chi connectivity index (χ2n) is 5.04. The second-order valence-corrected chi connectivity index (χ2v) is 5.98. The van der Waals surface area contributed by atoms with E-state index in [4.69, 9.17) is 4.52 Å². The molecular formula is C13H13F3N2OS. The van der Waals surface area contributed by atoms with Crippen LogP contribution in [-0.4, -0.2) is 16.3 Å². The summed E-state index contributed by atoms with van der Waals surface area (Å²) in [6.45, 7) is 0. The molecule has 108 valence electrons. The molecule has 7 heteroatoms. The zero-order valence-corrected chi connectivity index (χ0v) is 11.4. The summed E-state index contributed by atoms with van der Waals surface area (Å²) in [5.74, 6) is -0.735. The lowest BCUT2D eigenvalue weighted by Gasteiger charge is -2.28. The van der Waals surface area contributed by atoms with E-state index in [1.807, 2.05) is 17.5 Å². The van der Waals surface area contributed by atoms with Crippen LogP contribution in [0.3, 0.4) is 0 Å². The van der Waals surface area contributed by atoms with Crippen molar-refractivity contribution in [3.8, 4) is 10.7 Å². The smallest absolute Gasteiger partial charge is 0.339 e. The molecule has 2 aromatic rings. The van der Waals surface area contributed by atoms with Crippen molar-refractivity contribution in [2.24, 2.45) is 5.92 Å². The third kappa shape index (κ3) is 2.72. The third-order valence-corrected chi connectivity index (χ3v) is 4.54. The molecule has 1 saturated carbocycles. The van der Waals surface area contributed by atoms with Crippen molar-refractivity contribution < 1.29 is 17.7 Å². The lowest BCUT2D eigenvalue weighted by atomic mass is 9.81. The van der Waals surface area contributed by atoms with Crippen molar-refractivity contribution in [2.75, 3.05) is 0 Å². The van der Waals surface area contributed by atoms with Crippen LogP contribution in [0, 0.1) is 5.92 Å². The van der Waals surface area contributed by atoms with Gasteiger partial charge in [0, 0.05) is 5.92 Å². The molecule has 1 aliphatic carbocycles. The number of thiophene rings is 1. The maximum absolute atomic E-state index is 12.8. The highest BCUT2D eigenvalue weighted by atomic mass is 32.1. The number of alkyl halides is 3. The van der Waals surface area contributed by atoms with Gasteiger partial charge in [-0.25, -0.2) is 0 Å². The summed E-state index contributed by atoms with van der Waals surface area (Å²) in [7, 11) is 0. The van der Waals surface area contributed by atoms with Gasteiger partial charge in [-0.15, -0.1) is 11.3 Å². The van der Waals surface area contributed by atoms with E-state index in [-0.39, 0.29) is 18.8 Å². The normalized spacial score (nSPS) is 23.9. The average Bonchev–Trinajstić information content (AvgIpc) is 3.09. The molecule has 2 aromatic heterocycles. The molecule has 0 amide bonds. The lowest BCUT2D eigenvalue weighted by molar-refractivity contribution is -0.183. The number of aromatic nitrogens is 2. The monoisotopic (exact) mass is 302 g/mol. The molecule has 0 unspecified atom stereocenters. The van der Waals surface area contributed by atoms with E-state index in [1.165, 1.54) is 11.3 Å². The van der Waals surface area contributed by atoms with Gasteiger partial charge in [0.2, 0.25) is 11.7 Å². The summed E-state index contributed by atoms with van der Waals surface area (Å²) in [6.07, 6.45) is -2.65. The van der Waals surface area contributed by atoms with Crippen LogP contribution in [0.15, 0.2) is 22.0 Å². The van der Waals surface area contributed by atoms with E-state index in [2.05, 4.69) is 10.1 Å². The fourth-order valence-corrected chi connectivity index (χ4v) is 3.27. The van der Waals surface area contributed by atoms with Crippen molar-refractivity contribution in [1.82, 2.24) is 10.1 Å². The largest absolute Gasteiger partial charge is 0.391 e. The first-order valence-electron chi connectivity index (χ1n) is 6.48. The first-order chi connectivity index (χ1) is 9.54. The van der Waals surface area contributed by atoms with Crippen LogP contribution in [0.2, 0.25) is 0 Å². The predicted octanol–water partition coefficient (Wildman–Crippen LogP) is 4.63. The zero-order chi connectivity index (χ0) is 14.2. The van der Waals surface area contributed by atoms with Crippen molar-refractivity contribution in [3.05, 3.63) is 23.4 Å². The lowest BCUT2D eigenvalue weighted by Crippen LogP contribution is -2.28. The van der Waals surface area contributed by atoms with E-state index in [9.17, 15) is 13.2 Å². The fourth-order valence-electron chi connectivity index (χ4n) is 2.62. The van der Waals surface area contributed by atoms with Crippen LogP contribution in [-0.2, 0) is 0 Å². The SMILES string of the molecule is FC(F)(F)[C@@H]1CCC[C@@H](c2nc(-c3cccs3)no2)C1. The van der Waals surface area contributed by atoms with Gasteiger partial charge in [-0.2, -0.15) is 18.2 Å². The Morgan fingerprint density at radius 2 is 2.15 bits per heavy atom. The quantitative estimate of drug-likeness (QED) is 0.811. The molecule has 2 heterocycles. The van der Waals surface area contributed by atoms with Gasteiger partial charge in [0.15, 0.2) is 0 Å². The summed E-state index contributed by atoms with van der Waals surface area (Å²) in [6, 6.07) is 3.73. The third-order valence-electron chi connectivity index (χ3n) is 3.67. The highest BCUT2D eigenvalue weighted by Gasteiger charge is 2.43. The molecular weight excluding hydrogens is 289 g/mol. The first kappa shape index (κ1) is 13.6. The van der Waals surface area contributed by atoms with Gasteiger partial charge in [0.1, 0.15) is 0 Å². The van der Waals surface area contributed by atoms with Crippen molar-refractivity contribution in [1.29, 1.82) is 0 Å². The number of hydrogen-bond donors (Lipinski definition) is 0. The zero-order valence-electron chi connectivity index (χ0n) is 10.6. The number of nitrogens with zero attached hydrogens (tertiary/aromatic N) is 2. The minimum atomic E-state index is -4.13. The molecule has 3 rings (SSSR count). The Morgan fingerprint density at radius 3 is 2.85 bits per heavy atom. The molecule has 0 bridgehead atoms. The predicted molar refractivity (Wildman–Crippen MR) is 68.4 cm³/mol. The van der Waals surface area contributed by atoms with Gasteiger partial charge >= 0.3 is 6.18 Å². The Hall–Kier alpha value is -1.37. The van der Waals surface area contributed by atoms with Crippen LogP contribution in [0.5, 0.6) is 0 Å². The van der Waals surface area contributed by atoms with Crippen molar-refractivity contribution in [3.63, 3.8) is 0 Å². The van der Waals surface area contributed by atoms with Crippen molar-refractivity contribution >= 4 is 11.3 Å². The summed E-state index contributed by atoms with van der Waals surface area (Å²) in [5.41, 5.74) is 0. The molecule has 1 aliphatic rings. The van der Waals surface area contributed by atoms with E-state index in [0.29, 0.717) is 24.6 Å². The molecule has 0 radical (unpaired) electrons. The standard InChI is InChI=1S/C13H13F3N2OS/c14-13(15,16)9-4-1-3-8(7-9)12-17-11(18-19-12)10-5-2-6-20-10/h2,5-6,8-9H,1,3-4,7H2/t8-,9-/m1/s1. The topological polar surface area (TPSA) is 38.9 Å². The minimum Gasteiger partial charge on any atom is -0.339 e. The summed E-state index contributed by atoms with van der Waals surface area (Å²) in [4.78, 5) is 5.12. The summed E-state index contributed by atoms with van der Waals surface area (Å²) >= 11 is 1.48. The molecule has 1 fully saturated rings.